The van der Waals surface area contributed by atoms with Gasteiger partial charge in [-0.3, -0.25) is 5.32 Å². The van der Waals surface area contributed by atoms with Crippen LogP contribution in [0.4, 0.5) is 19.3 Å². The van der Waals surface area contributed by atoms with E-state index in [1.165, 1.54) is 0 Å². The Morgan fingerprint density at radius 2 is 1.94 bits per heavy atom. The van der Waals surface area contributed by atoms with Crippen LogP contribution in [0.2, 0.25) is 0 Å². The Morgan fingerprint density at radius 1 is 1.28 bits per heavy atom. The van der Waals surface area contributed by atoms with Gasteiger partial charge in [-0.1, -0.05) is 0 Å². The van der Waals surface area contributed by atoms with Crippen LogP contribution >= 0.6 is 0 Å². The van der Waals surface area contributed by atoms with Crippen LogP contribution in [0.15, 0.2) is 12.1 Å². The lowest BCUT2D eigenvalue weighted by Crippen LogP contribution is -2.15. The minimum absolute atomic E-state index is 0.0957. The molecule has 0 spiro atoms. The molecule has 5 nitrogen and oxygen atoms in total. The smallest absolute Gasteiger partial charge is 0.411 e. The molecular formula is C11H11F2NO4. The van der Waals surface area contributed by atoms with E-state index in [0.717, 1.165) is 13.2 Å². The predicted molar refractivity (Wildman–Crippen MR) is 58.3 cm³/mol. The van der Waals surface area contributed by atoms with Gasteiger partial charge in [-0.05, 0) is 13.0 Å². The lowest BCUT2D eigenvalue weighted by molar-refractivity contribution is 0.0595. The van der Waals surface area contributed by atoms with E-state index in [2.05, 4.69) is 9.47 Å². The predicted octanol–water partition coefficient (Wildman–Crippen LogP) is 2.32. The van der Waals surface area contributed by atoms with Crippen molar-refractivity contribution in [3.63, 3.8) is 0 Å². The number of benzene rings is 1. The Balaban J connectivity index is 3.05. The van der Waals surface area contributed by atoms with E-state index in [-0.39, 0.29) is 12.3 Å². The zero-order valence-electron chi connectivity index (χ0n) is 9.75. The average Bonchev–Trinajstić information content (AvgIpc) is 2.32. The first-order valence-corrected chi connectivity index (χ1v) is 5.00. The van der Waals surface area contributed by atoms with Crippen molar-refractivity contribution >= 4 is 17.7 Å². The van der Waals surface area contributed by atoms with Crippen molar-refractivity contribution < 1.29 is 27.8 Å². The van der Waals surface area contributed by atoms with Crippen molar-refractivity contribution in [3.05, 3.63) is 29.3 Å². The lowest BCUT2D eigenvalue weighted by Gasteiger charge is -2.08. The van der Waals surface area contributed by atoms with Crippen LogP contribution in [-0.4, -0.2) is 25.8 Å². The van der Waals surface area contributed by atoms with Crippen molar-refractivity contribution in [1.82, 2.24) is 0 Å². The number of hydrogen-bond donors (Lipinski definition) is 1. The molecule has 0 aliphatic rings. The van der Waals surface area contributed by atoms with Crippen LogP contribution < -0.4 is 5.32 Å². The van der Waals surface area contributed by atoms with Crippen LogP contribution in [-0.2, 0) is 9.47 Å². The normalized spacial score (nSPS) is 9.78. The molecule has 1 N–H and O–H groups in total. The summed E-state index contributed by atoms with van der Waals surface area (Å²) in [5.74, 6) is -3.07. The van der Waals surface area contributed by atoms with Crippen LogP contribution in [0.5, 0.6) is 0 Å². The first-order chi connectivity index (χ1) is 8.49. The maximum atomic E-state index is 13.3. The molecule has 0 atom stereocenters. The van der Waals surface area contributed by atoms with E-state index >= 15 is 0 Å². The zero-order chi connectivity index (χ0) is 13.7. The Kier molecular flexibility index (Phi) is 4.59. The molecular weight excluding hydrogens is 248 g/mol. The summed E-state index contributed by atoms with van der Waals surface area (Å²) in [4.78, 5) is 22.3. The highest BCUT2D eigenvalue weighted by Gasteiger charge is 2.17. The number of methoxy groups -OCH3 is 1. The molecule has 7 heteroatoms. The topological polar surface area (TPSA) is 64.6 Å². The maximum absolute atomic E-state index is 13.3. The summed E-state index contributed by atoms with van der Waals surface area (Å²) in [5.41, 5.74) is -0.846. The quantitative estimate of drug-likeness (QED) is 0.846. The van der Waals surface area contributed by atoms with Crippen LogP contribution in [0.1, 0.15) is 17.3 Å². The lowest BCUT2D eigenvalue weighted by atomic mass is 10.2. The van der Waals surface area contributed by atoms with Gasteiger partial charge in [0, 0.05) is 6.07 Å². The summed E-state index contributed by atoms with van der Waals surface area (Å²) in [6.07, 6.45) is -0.904. The molecule has 1 aromatic rings. The molecule has 0 saturated carbocycles. The summed E-state index contributed by atoms with van der Waals surface area (Å²) < 4.78 is 35.5. The number of anilines is 1. The number of rotatable bonds is 3. The summed E-state index contributed by atoms with van der Waals surface area (Å²) in [6, 6.07) is 1.32. The van der Waals surface area contributed by atoms with E-state index < -0.39 is 29.3 Å². The van der Waals surface area contributed by atoms with Gasteiger partial charge in [-0.15, -0.1) is 0 Å². The fourth-order valence-corrected chi connectivity index (χ4v) is 1.19. The van der Waals surface area contributed by atoms with Crippen molar-refractivity contribution in [1.29, 1.82) is 0 Å². The monoisotopic (exact) mass is 259 g/mol. The summed E-state index contributed by atoms with van der Waals surface area (Å²) in [7, 11) is 1.06. The Hall–Kier alpha value is -2.18. The number of amides is 1. The largest absolute Gasteiger partial charge is 0.465 e. The summed E-state index contributed by atoms with van der Waals surface area (Å²) >= 11 is 0. The average molecular weight is 259 g/mol. The number of hydrogen-bond acceptors (Lipinski definition) is 4. The number of carbonyl (C=O) groups is 2. The van der Waals surface area contributed by atoms with Crippen LogP contribution in [0.3, 0.4) is 0 Å². The Labute approximate surface area is 102 Å². The SMILES string of the molecule is CCOC(=O)Nc1cc(C(=O)OC)c(F)cc1F. The van der Waals surface area contributed by atoms with Gasteiger partial charge >= 0.3 is 12.1 Å². The van der Waals surface area contributed by atoms with Gasteiger partial charge in [0.1, 0.15) is 11.6 Å². The Morgan fingerprint density at radius 3 is 2.50 bits per heavy atom. The maximum Gasteiger partial charge on any atom is 0.411 e. The molecule has 0 unspecified atom stereocenters. The van der Waals surface area contributed by atoms with Gasteiger partial charge < -0.3 is 9.47 Å². The second-order valence-electron chi connectivity index (χ2n) is 3.15. The number of carbonyl (C=O) groups excluding carboxylic acids is 2. The second-order valence-corrected chi connectivity index (χ2v) is 3.15. The molecule has 0 saturated heterocycles. The highest BCUT2D eigenvalue weighted by atomic mass is 19.1. The molecule has 0 bridgehead atoms. The molecule has 1 rings (SSSR count). The fraction of sp³-hybridized carbons (Fsp3) is 0.273. The van der Waals surface area contributed by atoms with Gasteiger partial charge in [0.25, 0.3) is 0 Å². The third-order valence-electron chi connectivity index (χ3n) is 1.97. The summed E-state index contributed by atoms with van der Waals surface area (Å²) in [6.45, 7) is 1.67. The third-order valence-corrected chi connectivity index (χ3v) is 1.97. The first-order valence-electron chi connectivity index (χ1n) is 5.00. The van der Waals surface area contributed by atoms with E-state index in [9.17, 15) is 18.4 Å². The highest BCUT2D eigenvalue weighted by molar-refractivity contribution is 5.92. The van der Waals surface area contributed by atoms with E-state index in [1.807, 2.05) is 5.32 Å². The van der Waals surface area contributed by atoms with Crippen LogP contribution in [0, 0.1) is 11.6 Å². The highest BCUT2D eigenvalue weighted by Crippen LogP contribution is 2.20. The Bertz CT molecular complexity index is 476. The molecule has 18 heavy (non-hydrogen) atoms. The number of esters is 1. The molecule has 0 heterocycles. The van der Waals surface area contributed by atoms with Crippen molar-refractivity contribution in [3.8, 4) is 0 Å². The molecule has 1 aromatic carbocycles. The molecule has 0 aromatic heterocycles. The van der Waals surface area contributed by atoms with E-state index in [1.54, 1.807) is 6.92 Å². The fourth-order valence-electron chi connectivity index (χ4n) is 1.19. The van der Waals surface area contributed by atoms with Crippen molar-refractivity contribution in [2.24, 2.45) is 0 Å². The standard InChI is InChI=1S/C11H11F2NO4/c1-3-18-11(16)14-9-4-6(10(15)17-2)7(12)5-8(9)13/h4-5H,3H2,1-2H3,(H,14,16). The third kappa shape index (κ3) is 3.16. The first kappa shape index (κ1) is 13.9. The number of nitrogens with one attached hydrogen (secondary N) is 1. The number of halogens is 2. The minimum Gasteiger partial charge on any atom is -0.465 e. The molecule has 1 amide bonds. The van der Waals surface area contributed by atoms with Gasteiger partial charge in [0.2, 0.25) is 0 Å². The van der Waals surface area contributed by atoms with Gasteiger partial charge in [-0.25, -0.2) is 18.4 Å². The van der Waals surface area contributed by atoms with Gasteiger partial charge in [0.05, 0.1) is 25.0 Å². The van der Waals surface area contributed by atoms with E-state index in [0.29, 0.717) is 6.07 Å². The molecule has 0 radical (unpaired) electrons. The minimum atomic E-state index is -1.08. The van der Waals surface area contributed by atoms with E-state index in [4.69, 9.17) is 0 Å². The molecule has 0 aliphatic heterocycles. The molecule has 0 aliphatic carbocycles. The van der Waals surface area contributed by atoms with Crippen molar-refractivity contribution in [2.75, 3.05) is 19.0 Å². The van der Waals surface area contributed by atoms with Gasteiger partial charge in [-0.2, -0.15) is 0 Å². The van der Waals surface area contributed by atoms with Crippen molar-refractivity contribution in [2.45, 2.75) is 6.92 Å². The second kappa shape index (κ2) is 5.95. The molecule has 98 valence electrons. The summed E-state index contributed by atoms with van der Waals surface area (Å²) in [5, 5.41) is 2.05. The van der Waals surface area contributed by atoms with Gasteiger partial charge in [0.15, 0.2) is 0 Å². The molecule has 0 fully saturated rings. The zero-order valence-corrected chi connectivity index (χ0v) is 9.75. The van der Waals surface area contributed by atoms with Crippen LogP contribution in [0.25, 0.3) is 0 Å². The number of ether oxygens (including phenoxy) is 2.